The minimum absolute atomic E-state index is 0.0210. The fraction of sp³-hybridized carbons (Fsp3) is 0.778. The number of nitrogens with zero attached hydrogens (tertiary/aromatic N) is 1. The number of unbranched alkanes of at least 4 members (excludes halogenated alkanes) is 1. The lowest BCUT2D eigenvalue weighted by Crippen LogP contribution is -2.35. The summed E-state index contributed by atoms with van der Waals surface area (Å²) in [4.78, 5) is 24.1. The molecule has 0 radical (unpaired) electrons. The number of amides is 2. The summed E-state index contributed by atoms with van der Waals surface area (Å²) >= 11 is 0. The third kappa shape index (κ3) is 3.05. The molecule has 0 atom stereocenters. The van der Waals surface area contributed by atoms with Crippen molar-refractivity contribution in [2.45, 2.75) is 26.2 Å². The van der Waals surface area contributed by atoms with Crippen molar-refractivity contribution < 1.29 is 9.59 Å². The van der Waals surface area contributed by atoms with Crippen molar-refractivity contribution in [2.24, 2.45) is 0 Å². The van der Waals surface area contributed by atoms with Gasteiger partial charge in [-0.3, -0.25) is 9.59 Å². The Morgan fingerprint density at radius 3 is 2.92 bits per heavy atom. The van der Waals surface area contributed by atoms with Gasteiger partial charge in [0.2, 0.25) is 11.8 Å². The molecule has 0 aromatic heterocycles. The van der Waals surface area contributed by atoms with Gasteiger partial charge in [-0.2, -0.15) is 0 Å². The van der Waals surface area contributed by atoms with Crippen LogP contribution >= 0.6 is 0 Å². The zero-order valence-corrected chi connectivity index (χ0v) is 8.01. The molecule has 1 N–H and O–H groups in total. The van der Waals surface area contributed by atoms with Crippen LogP contribution in [0.1, 0.15) is 26.2 Å². The molecule has 0 unspecified atom stereocenters. The monoisotopic (exact) mass is 184 g/mol. The van der Waals surface area contributed by atoms with Crippen LogP contribution in [0.15, 0.2) is 0 Å². The van der Waals surface area contributed by atoms with Gasteiger partial charge in [0.15, 0.2) is 0 Å². The highest BCUT2D eigenvalue weighted by atomic mass is 16.2. The van der Waals surface area contributed by atoms with Crippen LogP contribution in [0, 0.1) is 0 Å². The van der Waals surface area contributed by atoms with Crippen LogP contribution in [-0.4, -0.2) is 36.3 Å². The van der Waals surface area contributed by atoms with E-state index in [4.69, 9.17) is 0 Å². The van der Waals surface area contributed by atoms with E-state index in [1.165, 1.54) is 0 Å². The molecule has 0 aromatic rings. The highest BCUT2D eigenvalue weighted by Gasteiger charge is 2.18. The Bertz CT molecular complexity index is 204. The summed E-state index contributed by atoms with van der Waals surface area (Å²) in [6.45, 7) is 3.61. The summed E-state index contributed by atoms with van der Waals surface area (Å²) in [5.41, 5.74) is 0. The van der Waals surface area contributed by atoms with Gasteiger partial charge in [-0.25, -0.2) is 0 Å². The van der Waals surface area contributed by atoms with Crippen molar-refractivity contribution in [3.8, 4) is 0 Å². The fourth-order valence-electron chi connectivity index (χ4n) is 1.32. The minimum Gasteiger partial charge on any atom is -0.347 e. The maximum Gasteiger partial charge on any atom is 0.241 e. The first-order valence-electron chi connectivity index (χ1n) is 4.78. The van der Waals surface area contributed by atoms with Crippen molar-refractivity contribution >= 4 is 11.8 Å². The second-order valence-electron chi connectivity index (χ2n) is 3.26. The Balaban J connectivity index is 2.42. The third-order valence-corrected chi connectivity index (χ3v) is 2.18. The van der Waals surface area contributed by atoms with Gasteiger partial charge in [0.1, 0.15) is 0 Å². The highest BCUT2D eigenvalue weighted by molar-refractivity contribution is 5.87. The van der Waals surface area contributed by atoms with Gasteiger partial charge in [0.25, 0.3) is 0 Å². The largest absolute Gasteiger partial charge is 0.347 e. The first kappa shape index (κ1) is 10.0. The normalized spacial score (nSPS) is 18.4. The van der Waals surface area contributed by atoms with Crippen molar-refractivity contribution in [1.29, 1.82) is 0 Å². The van der Waals surface area contributed by atoms with E-state index in [0.717, 1.165) is 19.4 Å². The molecule has 1 saturated heterocycles. The Morgan fingerprint density at radius 2 is 2.23 bits per heavy atom. The van der Waals surface area contributed by atoms with Gasteiger partial charge in [0, 0.05) is 19.5 Å². The summed E-state index contributed by atoms with van der Waals surface area (Å²) < 4.78 is 0. The van der Waals surface area contributed by atoms with Gasteiger partial charge in [-0.1, -0.05) is 13.3 Å². The summed E-state index contributed by atoms with van der Waals surface area (Å²) in [5, 5.41) is 2.57. The summed E-state index contributed by atoms with van der Waals surface area (Å²) in [6, 6.07) is 0. The molecule has 1 aliphatic heterocycles. The second-order valence-corrected chi connectivity index (χ2v) is 3.26. The van der Waals surface area contributed by atoms with Gasteiger partial charge in [-0.15, -0.1) is 0 Å². The zero-order valence-electron chi connectivity index (χ0n) is 8.01. The molecule has 1 fully saturated rings. The van der Waals surface area contributed by atoms with Gasteiger partial charge in [-0.05, 0) is 6.42 Å². The van der Waals surface area contributed by atoms with Crippen molar-refractivity contribution in [3.05, 3.63) is 0 Å². The minimum atomic E-state index is -0.0210. The Morgan fingerprint density at radius 1 is 1.46 bits per heavy atom. The molecule has 2 amide bonds. The van der Waals surface area contributed by atoms with Crippen molar-refractivity contribution in [2.75, 3.05) is 19.6 Å². The van der Waals surface area contributed by atoms with E-state index in [9.17, 15) is 9.59 Å². The van der Waals surface area contributed by atoms with E-state index < -0.39 is 0 Å². The predicted octanol–water partition coefficient (Wildman–Crippen LogP) is 0.135. The molecule has 0 spiro atoms. The van der Waals surface area contributed by atoms with E-state index in [0.29, 0.717) is 13.0 Å². The lowest BCUT2D eigenvalue weighted by molar-refractivity contribution is -0.130. The molecule has 1 heterocycles. The molecule has 0 saturated carbocycles. The number of carbonyl (C=O) groups is 2. The average molecular weight is 184 g/mol. The Labute approximate surface area is 78.3 Å². The Kier molecular flexibility index (Phi) is 3.73. The number of hydrogen-bond acceptors (Lipinski definition) is 2. The first-order chi connectivity index (χ1) is 6.24. The van der Waals surface area contributed by atoms with E-state index in [1.54, 1.807) is 4.90 Å². The maximum absolute atomic E-state index is 11.4. The van der Waals surface area contributed by atoms with E-state index in [1.807, 2.05) is 0 Å². The lowest BCUT2D eigenvalue weighted by Gasteiger charge is -2.18. The van der Waals surface area contributed by atoms with Crippen LogP contribution in [-0.2, 0) is 9.59 Å². The maximum atomic E-state index is 11.4. The molecule has 4 nitrogen and oxygen atoms in total. The number of rotatable bonds is 3. The molecule has 0 bridgehead atoms. The Hall–Kier alpha value is -1.06. The molecule has 13 heavy (non-hydrogen) atoms. The molecule has 1 aliphatic rings. The summed E-state index contributed by atoms with van der Waals surface area (Å²) in [7, 11) is 0. The topological polar surface area (TPSA) is 49.4 Å². The van der Waals surface area contributed by atoms with E-state index in [2.05, 4.69) is 12.2 Å². The van der Waals surface area contributed by atoms with Crippen LogP contribution in [0.4, 0.5) is 0 Å². The van der Waals surface area contributed by atoms with Crippen LogP contribution < -0.4 is 5.32 Å². The standard InChI is InChI=1S/C9H16N2O2/c1-2-3-5-11-6-4-8(12)10-7-9(11)13/h2-7H2,1H3,(H,10,12). The average Bonchev–Trinajstić information content (AvgIpc) is 2.28. The van der Waals surface area contributed by atoms with Crippen LogP contribution in [0.3, 0.4) is 0 Å². The summed E-state index contributed by atoms with van der Waals surface area (Å²) in [6.07, 6.45) is 2.53. The van der Waals surface area contributed by atoms with Crippen LogP contribution in [0.5, 0.6) is 0 Å². The molecule has 0 aromatic carbocycles. The van der Waals surface area contributed by atoms with Gasteiger partial charge >= 0.3 is 0 Å². The third-order valence-electron chi connectivity index (χ3n) is 2.18. The van der Waals surface area contributed by atoms with Gasteiger partial charge in [0.05, 0.1) is 6.54 Å². The smallest absolute Gasteiger partial charge is 0.241 e. The molecular formula is C9H16N2O2. The zero-order chi connectivity index (χ0) is 9.68. The molecule has 0 aliphatic carbocycles. The number of hydrogen-bond donors (Lipinski definition) is 1. The lowest BCUT2D eigenvalue weighted by atomic mass is 10.3. The number of nitrogens with one attached hydrogen (secondary N) is 1. The summed E-state index contributed by atoms with van der Waals surface area (Å²) in [5.74, 6) is 0.0200. The molecule has 74 valence electrons. The predicted molar refractivity (Wildman–Crippen MR) is 49.1 cm³/mol. The number of carbonyl (C=O) groups excluding carboxylic acids is 2. The van der Waals surface area contributed by atoms with E-state index >= 15 is 0 Å². The van der Waals surface area contributed by atoms with Gasteiger partial charge < -0.3 is 10.2 Å². The van der Waals surface area contributed by atoms with Crippen molar-refractivity contribution in [3.63, 3.8) is 0 Å². The van der Waals surface area contributed by atoms with E-state index in [-0.39, 0.29) is 18.4 Å². The van der Waals surface area contributed by atoms with Crippen LogP contribution in [0.25, 0.3) is 0 Å². The van der Waals surface area contributed by atoms with Crippen LogP contribution in [0.2, 0.25) is 0 Å². The highest BCUT2D eigenvalue weighted by Crippen LogP contribution is 2.00. The van der Waals surface area contributed by atoms with Crippen molar-refractivity contribution in [1.82, 2.24) is 10.2 Å². The first-order valence-corrected chi connectivity index (χ1v) is 4.78. The SMILES string of the molecule is CCCCN1CCC(=O)NCC1=O. The quantitative estimate of drug-likeness (QED) is 0.678. The second kappa shape index (κ2) is 4.84. The molecule has 1 rings (SSSR count). The fourth-order valence-corrected chi connectivity index (χ4v) is 1.32. The molecular weight excluding hydrogens is 168 g/mol. The molecule has 4 heteroatoms.